The molecule has 4 heteroatoms. The number of rotatable bonds is 4. The second-order valence-corrected chi connectivity index (χ2v) is 6.25. The SMILES string of the molecule is O=C(C=Cc1ccnc2ccccc12)NCC1(O)CCCCC1. The van der Waals surface area contributed by atoms with Gasteiger partial charge in [-0.25, -0.2) is 0 Å². The van der Waals surface area contributed by atoms with Crippen molar-refractivity contribution < 1.29 is 9.90 Å². The standard InChI is InChI=1S/C19H22N2O2/c22-18(21-14-19(23)11-4-1-5-12-19)9-8-15-10-13-20-17-7-3-2-6-16(15)17/h2-3,6-10,13,23H,1,4-5,11-12,14H2,(H,21,22). The Bertz CT molecular complexity index is 713. The Labute approximate surface area is 136 Å². The van der Waals surface area contributed by atoms with Crippen molar-refractivity contribution in [3.05, 3.63) is 48.2 Å². The van der Waals surface area contributed by atoms with Gasteiger partial charge < -0.3 is 10.4 Å². The molecule has 1 aliphatic rings. The minimum atomic E-state index is -0.731. The van der Waals surface area contributed by atoms with Gasteiger partial charge in [0.1, 0.15) is 0 Å². The molecule has 120 valence electrons. The van der Waals surface area contributed by atoms with Gasteiger partial charge in [0.15, 0.2) is 0 Å². The molecule has 0 radical (unpaired) electrons. The van der Waals surface area contributed by atoms with Crippen molar-refractivity contribution >= 4 is 22.9 Å². The largest absolute Gasteiger partial charge is 0.388 e. The lowest BCUT2D eigenvalue weighted by atomic mass is 9.85. The molecule has 0 bridgehead atoms. The van der Waals surface area contributed by atoms with Crippen molar-refractivity contribution in [1.82, 2.24) is 10.3 Å². The number of aromatic nitrogens is 1. The molecule has 0 spiro atoms. The maximum Gasteiger partial charge on any atom is 0.244 e. The molecule has 0 aliphatic heterocycles. The average molecular weight is 310 g/mol. The molecule has 0 atom stereocenters. The smallest absolute Gasteiger partial charge is 0.244 e. The average Bonchev–Trinajstić information content (AvgIpc) is 2.59. The molecule has 3 rings (SSSR count). The summed E-state index contributed by atoms with van der Waals surface area (Å²) in [5.74, 6) is -0.176. The van der Waals surface area contributed by atoms with Crippen molar-refractivity contribution in [3.63, 3.8) is 0 Å². The third kappa shape index (κ3) is 3.96. The lowest BCUT2D eigenvalue weighted by Gasteiger charge is -2.31. The predicted octanol–water partition coefficient (Wildman–Crippen LogP) is 3.06. The van der Waals surface area contributed by atoms with Gasteiger partial charge in [-0.3, -0.25) is 9.78 Å². The zero-order valence-electron chi connectivity index (χ0n) is 13.2. The first-order valence-corrected chi connectivity index (χ1v) is 8.18. The van der Waals surface area contributed by atoms with E-state index in [4.69, 9.17) is 0 Å². The van der Waals surface area contributed by atoms with Crippen LogP contribution >= 0.6 is 0 Å². The highest BCUT2D eigenvalue weighted by Crippen LogP contribution is 2.27. The third-order valence-corrected chi connectivity index (χ3v) is 4.47. The van der Waals surface area contributed by atoms with Crippen molar-refractivity contribution in [1.29, 1.82) is 0 Å². The van der Waals surface area contributed by atoms with E-state index in [9.17, 15) is 9.90 Å². The van der Waals surface area contributed by atoms with Crippen molar-refractivity contribution in [2.75, 3.05) is 6.54 Å². The first-order chi connectivity index (χ1) is 11.2. The normalized spacial score (nSPS) is 17.4. The van der Waals surface area contributed by atoms with Crippen LogP contribution in [0.15, 0.2) is 42.6 Å². The second kappa shape index (κ2) is 6.92. The first-order valence-electron chi connectivity index (χ1n) is 8.18. The number of nitrogens with one attached hydrogen (secondary N) is 1. The maximum absolute atomic E-state index is 12.0. The molecule has 1 saturated carbocycles. The van der Waals surface area contributed by atoms with E-state index < -0.39 is 5.60 Å². The highest BCUT2D eigenvalue weighted by molar-refractivity contribution is 5.95. The van der Waals surface area contributed by atoms with Crippen LogP contribution < -0.4 is 5.32 Å². The van der Waals surface area contributed by atoms with E-state index in [0.29, 0.717) is 6.54 Å². The Morgan fingerprint density at radius 1 is 1.22 bits per heavy atom. The summed E-state index contributed by atoms with van der Waals surface area (Å²) < 4.78 is 0. The second-order valence-electron chi connectivity index (χ2n) is 6.25. The van der Waals surface area contributed by atoms with Gasteiger partial charge in [0, 0.05) is 24.2 Å². The van der Waals surface area contributed by atoms with Crippen LogP contribution in [0.5, 0.6) is 0 Å². The number of nitrogens with zero attached hydrogens (tertiary/aromatic N) is 1. The minimum absolute atomic E-state index is 0.176. The molecular weight excluding hydrogens is 288 g/mol. The molecule has 0 saturated heterocycles. The van der Waals surface area contributed by atoms with Gasteiger partial charge in [0.2, 0.25) is 5.91 Å². The van der Waals surface area contributed by atoms with Crippen LogP contribution in [-0.4, -0.2) is 28.1 Å². The van der Waals surface area contributed by atoms with E-state index in [1.807, 2.05) is 30.3 Å². The topological polar surface area (TPSA) is 62.2 Å². The zero-order chi connectivity index (χ0) is 16.1. The Kier molecular flexibility index (Phi) is 4.72. The van der Waals surface area contributed by atoms with E-state index in [2.05, 4.69) is 10.3 Å². The quantitative estimate of drug-likeness (QED) is 0.853. The van der Waals surface area contributed by atoms with Crippen molar-refractivity contribution in [3.8, 4) is 0 Å². The number of hydrogen-bond donors (Lipinski definition) is 2. The van der Waals surface area contributed by atoms with E-state index in [-0.39, 0.29) is 5.91 Å². The molecule has 2 aromatic rings. The van der Waals surface area contributed by atoms with Crippen LogP contribution in [0.1, 0.15) is 37.7 Å². The third-order valence-electron chi connectivity index (χ3n) is 4.47. The minimum Gasteiger partial charge on any atom is -0.388 e. The Hall–Kier alpha value is -2.20. The molecule has 0 unspecified atom stereocenters. The van der Waals surface area contributed by atoms with Crippen LogP contribution in [0.25, 0.3) is 17.0 Å². The van der Waals surface area contributed by atoms with Gasteiger partial charge in [-0.2, -0.15) is 0 Å². The highest BCUT2D eigenvalue weighted by atomic mass is 16.3. The van der Waals surface area contributed by atoms with Gasteiger partial charge >= 0.3 is 0 Å². The fourth-order valence-corrected chi connectivity index (χ4v) is 3.13. The summed E-state index contributed by atoms with van der Waals surface area (Å²) in [5, 5.41) is 14.2. The van der Waals surface area contributed by atoms with Crippen LogP contribution in [0.2, 0.25) is 0 Å². The number of carbonyl (C=O) groups excluding carboxylic acids is 1. The Morgan fingerprint density at radius 3 is 2.83 bits per heavy atom. The lowest BCUT2D eigenvalue weighted by molar-refractivity contribution is -0.118. The van der Waals surface area contributed by atoms with Gasteiger partial charge in [0.25, 0.3) is 0 Å². The molecule has 2 N–H and O–H groups in total. The van der Waals surface area contributed by atoms with Crippen molar-refractivity contribution in [2.24, 2.45) is 0 Å². The lowest BCUT2D eigenvalue weighted by Crippen LogP contribution is -2.43. The van der Waals surface area contributed by atoms with Gasteiger partial charge in [0.05, 0.1) is 11.1 Å². The molecule has 1 aromatic heterocycles. The number of aliphatic hydroxyl groups is 1. The number of carbonyl (C=O) groups is 1. The van der Waals surface area contributed by atoms with Crippen LogP contribution in [0, 0.1) is 0 Å². The molecule has 1 amide bonds. The summed E-state index contributed by atoms with van der Waals surface area (Å²) in [4.78, 5) is 16.3. The van der Waals surface area contributed by atoms with Crippen LogP contribution in [0.3, 0.4) is 0 Å². The van der Waals surface area contributed by atoms with E-state index >= 15 is 0 Å². The molecule has 1 heterocycles. The Balaban J connectivity index is 1.64. The summed E-state index contributed by atoms with van der Waals surface area (Å²) in [5.41, 5.74) is 1.14. The molecule has 1 aliphatic carbocycles. The Morgan fingerprint density at radius 2 is 2.00 bits per heavy atom. The number of amides is 1. The summed E-state index contributed by atoms with van der Waals surface area (Å²) >= 11 is 0. The number of pyridine rings is 1. The summed E-state index contributed by atoms with van der Waals surface area (Å²) in [7, 11) is 0. The predicted molar refractivity (Wildman–Crippen MR) is 91.8 cm³/mol. The summed E-state index contributed by atoms with van der Waals surface area (Å²) in [6.07, 6.45) is 9.84. The maximum atomic E-state index is 12.0. The van der Waals surface area contributed by atoms with Gasteiger partial charge in [-0.15, -0.1) is 0 Å². The summed E-state index contributed by atoms with van der Waals surface area (Å²) in [6.45, 7) is 0.327. The van der Waals surface area contributed by atoms with Gasteiger partial charge in [-0.05, 0) is 36.6 Å². The zero-order valence-corrected chi connectivity index (χ0v) is 13.2. The van der Waals surface area contributed by atoms with Crippen molar-refractivity contribution in [2.45, 2.75) is 37.7 Å². The van der Waals surface area contributed by atoms with Crippen LogP contribution in [-0.2, 0) is 4.79 Å². The number of hydrogen-bond acceptors (Lipinski definition) is 3. The van der Waals surface area contributed by atoms with E-state index in [0.717, 1.165) is 42.1 Å². The fourth-order valence-electron chi connectivity index (χ4n) is 3.13. The molecule has 1 fully saturated rings. The monoisotopic (exact) mass is 310 g/mol. The van der Waals surface area contributed by atoms with Crippen LogP contribution in [0.4, 0.5) is 0 Å². The molecule has 23 heavy (non-hydrogen) atoms. The highest BCUT2D eigenvalue weighted by Gasteiger charge is 2.29. The summed E-state index contributed by atoms with van der Waals surface area (Å²) in [6, 6.07) is 9.73. The molecule has 4 nitrogen and oxygen atoms in total. The number of para-hydroxylation sites is 1. The van der Waals surface area contributed by atoms with Gasteiger partial charge in [-0.1, -0.05) is 37.5 Å². The van der Waals surface area contributed by atoms with E-state index in [1.165, 1.54) is 12.5 Å². The molecular formula is C19H22N2O2. The van der Waals surface area contributed by atoms with E-state index in [1.54, 1.807) is 12.3 Å². The number of benzene rings is 1. The number of fused-ring (bicyclic) bond motifs is 1. The fraction of sp³-hybridized carbons (Fsp3) is 0.368. The molecule has 1 aromatic carbocycles. The first kappa shape index (κ1) is 15.7.